The van der Waals surface area contributed by atoms with Crippen molar-refractivity contribution in [2.75, 3.05) is 18.1 Å². The van der Waals surface area contributed by atoms with Crippen LogP contribution in [0.15, 0.2) is 51.5 Å². The van der Waals surface area contributed by atoms with Crippen LogP contribution in [-0.2, 0) is 4.79 Å². The number of carbonyl (C=O) groups excluding carboxylic acids is 1. The molecule has 0 unspecified atom stereocenters. The van der Waals surface area contributed by atoms with Crippen LogP contribution in [0, 0.1) is 0 Å². The van der Waals surface area contributed by atoms with Gasteiger partial charge in [0.15, 0.2) is 6.61 Å². The van der Waals surface area contributed by atoms with Gasteiger partial charge in [0.2, 0.25) is 5.82 Å². The SMILES string of the molecule is CCCN1C(=O)COc2ccc(-c3noc(-c4ccccc4Br)n3)cc21. The average Bonchev–Trinajstić information content (AvgIpc) is 3.14. The molecule has 0 bridgehead atoms. The molecule has 0 spiro atoms. The van der Waals surface area contributed by atoms with Crippen molar-refractivity contribution in [2.45, 2.75) is 13.3 Å². The molecule has 132 valence electrons. The molecule has 1 aliphatic heterocycles. The normalized spacial score (nSPS) is 13.5. The zero-order valence-electron chi connectivity index (χ0n) is 14.1. The molecule has 7 heteroatoms. The van der Waals surface area contributed by atoms with Gasteiger partial charge in [-0.2, -0.15) is 4.98 Å². The fourth-order valence-electron chi connectivity index (χ4n) is 2.89. The Labute approximate surface area is 158 Å². The van der Waals surface area contributed by atoms with Gasteiger partial charge in [0.05, 0.1) is 11.3 Å². The molecule has 0 saturated heterocycles. The number of carbonyl (C=O) groups is 1. The van der Waals surface area contributed by atoms with E-state index >= 15 is 0 Å². The van der Waals surface area contributed by atoms with Crippen LogP contribution >= 0.6 is 15.9 Å². The highest BCUT2D eigenvalue weighted by Crippen LogP contribution is 2.36. The molecular formula is C19H16BrN3O3. The fourth-order valence-corrected chi connectivity index (χ4v) is 3.35. The van der Waals surface area contributed by atoms with E-state index in [-0.39, 0.29) is 12.5 Å². The third kappa shape index (κ3) is 2.99. The Morgan fingerprint density at radius 3 is 2.88 bits per heavy atom. The minimum absolute atomic E-state index is 0.0430. The van der Waals surface area contributed by atoms with E-state index in [0.29, 0.717) is 24.0 Å². The third-order valence-electron chi connectivity index (χ3n) is 4.14. The van der Waals surface area contributed by atoms with Gasteiger partial charge in [-0.3, -0.25) is 4.79 Å². The largest absolute Gasteiger partial charge is 0.482 e. The van der Waals surface area contributed by atoms with Crippen LogP contribution in [0.1, 0.15) is 13.3 Å². The maximum atomic E-state index is 12.2. The summed E-state index contributed by atoms with van der Waals surface area (Å²) in [5.41, 5.74) is 2.34. The Morgan fingerprint density at radius 1 is 1.23 bits per heavy atom. The van der Waals surface area contributed by atoms with Gasteiger partial charge >= 0.3 is 0 Å². The molecule has 0 fully saturated rings. The number of halogens is 1. The molecule has 0 atom stereocenters. The molecule has 4 rings (SSSR count). The number of aromatic nitrogens is 2. The van der Waals surface area contributed by atoms with Crippen molar-refractivity contribution in [1.82, 2.24) is 10.1 Å². The van der Waals surface area contributed by atoms with Crippen LogP contribution in [0.4, 0.5) is 5.69 Å². The fraction of sp³-hybridized carbons (Fsp3) is 0.211. The van der Waals surface area contributed by atoms with E-state index in [1.165, 1.54) is 0 Å². The van der Waals surface area contributed by atoms with E-state index in [0.717, 1.165) is 27.7 Å². The Morgan fingerprint density at radius 2 is 2.08 bits per heavy atom. The summed E-state index contributed by atoms with van der Waals surface area (Å²) in [6, 6.07) is 13.2. The van der Waals surface area contributed by atoms with Crippen LogP contribution in [0.2, 0.25) is 0 Å². The quantitative estimate of drug-likeness (QED) is 0.637. The predicted octanol–water partition coefficient (Wildman–Crippen LogP) is 4.30. The van der Waals surface area contributed by atoms with E-state index in [1.54, 1.807) is 4.90 Å². The van der Waals surface area contributed by atoms with Crippen molar-refractivity contribution in [3.63, 3.8) is 0 Å². The summed E-state index contributed by atoms with van der Waals surface area (Å²) >= 11 is 3.49. The van der Waals surface area contributed by atoms with E-state index < -0.39 is 0 Å². The van der Waals surface area contributed by atoms with Gasteiger partial charge in [0.1, 0.15) is 5.75 Å². The van der Waals surface area contributed by atoms with Gasteiger partial charge in [0.25, 0.3) is 11.8 Å². The maximum Gasteiger partial charge on any atom is 0.265 e. The molecule has 2 heterocycles. The van der Waals surface area contributed by atoms with Crippen LogP contribution in [0.3, 0.4) is 0 Å². The summed E-state index contributed by atoms with van der Waals surface area (Å²) in [6.07, 6.45) is 0.865. The lowest BCUT2D eigenvalue weighted by atomic mass is 10.1. The first kappa shape index (κ1) is 16.8. The van der Waals surface area contributed by atoms with E-state index in [4.69, 9.17) is 9.26 Å². The minimum atomic E-state index is -0.0430. The van der Waals surface area contributed by atoms with Crippen LogP contribution in [0.25, 0.3) is 22.8 Å². The summed E-state index contributed by atoms with van der Waals surface area (Å²) in [5, 5.41) is 4.09. The lowest BCUT2D eigenvalue weighted by molar-refractivity contribution is -0.121. The lowest BCUT2D eigenvalue weighted by Crippen LogP contribution is -2.39. The molecule has 1 aliphatic rings. The Balaban J connectivity index is 1.72. The second-order valence-electron chi connectivity index (χ2n) is 5.92. The first-order valence-electron chi connectivity index (χ1n) is 8.33. The standard InChI is InChI=1S/C19H16BrN3O3/c1-2-9-23-15-10-12(7-8-16(15)25-11-17(23)24)18-21-19(26-22-18)13-5-3-4-6-14(13)20/h3-8,10H,2,9,11H2,1H3. The van der Waals surface area contributed by atoms with Gasteiger partial charge in [0, 0.05) is 16.6 Å². The molecule has 2 aromatic carbocycles. The van der Waals surface area contributed by atoms with Crippen LogP contribution in [-0.4, -0.2) is 29.2 Å². The summed E-state index contributed by atoms with van der Waals surface area (Å²) < 4.78 is 11.8. The maximum absolute atomic E-state index is 12.2. The monoisotopic (exact) mass is 413 g/mol. The Kier molecular flexibility index (Phi) is 4.46. The molecule has 26 heavy (non-hydrogen) atoms. The van der Waals surface area contributed by atoms with Crippen molar-refractivity contribution in [2.24, 2.45) is 0 Å². The third-order valence-corrected chi connectivity index (χ3v) is 4.83. The van der Waals surface area contributed by atoms with Crippen molar-refractivity contribution in [3.8, 4) is 28.6 Å². The highest BCUT2D eigenvalue weighted by molar-refractivity contribution is 9.10. The molecule has 0 radical (unpaired) electrons. The van der Waals surface area contributed by atoms with Gasteiger partial charge in [-0.15, -0.1) is 0 Å². The zero-order valence-corrected chi connectivity index (χ0v) is 15.7. The number of fused-ring (bicyclic) bond motifs is 1. The second-order valence-corrected chi connectivity index (χ2v) is 6.77. The smallest absolute Gasteiger partial charge is 0.265 e. The minimum Gasteiger partial charge on any atom is -0.482 e. The number of nitrogens with zero attached hydrogens (tertiary/aromatic N) is 3. The zero-order chi connectivity index (χ0) is 18.1. The van der Waals surface area contributed by atoms with Crippen molar-refractivity contribution < 1.29 is 14.1 Å². The number of rotatable bonds is 4. The van der Waals surface area contributed by atoms with Crippen molar-refractivity contribution in [3.05, 3.63) is 46.9 Å². The summed E-state index contributed by atoms with van der Waals surface area (Å²) in [7, 11) is 0. The molecule has 1 aromatic heterocycles. The predicted molar refractivity (Wildman–Crippen MR) is 101 cm³/mol. The average molecular weight is 414 g/mol. The topological polar surface area (TPSA) is 68.5 Å². The number of anilines is 1. The molecule has 6 nitrogen and oxygen atoms in total. The molecule has 1 amide bonds. The van der Waals surface area contributed by atoms with Crippen molar-refractivity contribution in [1.29, 1.82) is 0 Å². The molecule has 3 aromatic rings. The number of amides is 1. The summed E-state index contributed by atoms with van der Waals surface area (Å²) in [5.74, 6) is 1.55. The molecule has 0 saturated carbocycles. The molecular weight excluding hydrogens is 398 g/mol. The first-order valence-corrected chi connectivity index (χ1v) is 9.13. The number of hydrogen-bond acceptors (Lipinski definition) is 5. The first-order chi connectivity index (χ1) is 12.7. The van der Waals surface area contributed by atoms with Gasteiger partial charge < -0.3 is 14.2 Å². The van der Waals surface area contributed by atoms with Crippen LogP contribution in [0.5, 0.6) is 5.75 Å². The highest BCUT2D eigenvalue weighted by Gasteiger charge is 2.26. The Hall–Kier alpha value is -2.67. The Bertz CT molecular complexity index is 970. The summed E-state index contributed by atoms with van der Waals surface area (Å²) in [6.45, 7) is 2.75. The molecule has 0 N–H and O–H groups in total. The van der Waals surface area contributed by atoms with Gasteiger partial charge in [-0.25, -0.2) is 0 Å². The second kappa shape index (κ2) is 6.92. The van der Waals surface area contributed by atoms with E-state index in [1.807, 2.05) is 49.4 Å². The van der Waals surface area contributed by atoms with E-state index in [9.17, 15) is 4.79 Å². The highest BCUT2D eigenvalue weighted by atomic mass is 79.9. The lowest BCUT2D eigenvalue weighted by Gasteiger charge is -2.29. The van der Waals surface area contributed by atoms with Crippen LogP contribution < -0.4 is 9.64 Å². The van der Waals surface area contributed by atoms with Gasteiger partial charge in [-0.1, -0.05) is 24.2 Å². The summed E-state index contributed by atoms with van der Waals surface area (Å²) in [4.78, 5) is 18.4. The van der Waals surface area contributed by atoms with Gasteiger partial charge in [-0.05, 0) is 52.7 Å². The number of benzene rings is 2. The number of hydrogen-bond donors (Lipinski definition) is 0. The van der Waals surface area contributed by atoms with Crippen molar-refractivity contribution >= 4 is 27.5 Å². The number of ether oxygens (including phenoxy) is 1. The van der Waals surface area contributed by atoms with E-state index in [2.05, 4.69) is 26.1 Å². The molecule has 0 aliphatic carbocycles.